The third kappa shape index (κ3) is 4.01. The van der Waals surface area contributed by atoms with Crippen LogP contribution in [0, 0.1) is 0 Å². The summed E-state index contributed by atoms with van der Waals surface area (Å²) in [6.07, 6.45) is 2.11. The number of fused-ring (bicyclic) bond motifs is 1. The highest BCUT2D eigenvalue weighted by atomic mass is 32.2. The summed E-state index contributed by atoms with van der Waals surface area (Å²) in [5.41, 5.74) is 0.634. The van der Waals surface area contributed by atoms with Gasteiger partial charge in [-0.1, -0.05) is 12.1 Å². The molecular weight excluding hydrogens is 340 g/mol. The number of amides is 1. The second-order valence-corrected chi connectivity index (χ2v) is 7.97. The molecule has 7 nitrogen and oxygen atoms in total. The maximum atomic E-state index is 12.3. The fourth-order valence-electron chi connectivity index (χ4n) is 3.19. The van der Waals surface area contributed by atoms with Crippen LogP contribution in [0.5, 0.6) is 0 Å². The molecule has 1 saturated heterocycles. The average Bonchev–Trinajstić information content (AvgIpc) is 2.77. The van der Waals surface area contributed by atoms with E-state index in [2.05, 4.69) is 9.71 Å². The van der Waals surface area contributed by atoms with Crippen molar-refractivity contribution in [2.75, 3.05) is 39.8 Å². The number of benzene rings is 1. The van der Waals surface area contributed by atoms with Gasteiger partial charge in [0.15, 0.2) is 0 Å². The molecule has 2 aliphatic rings. The molecule has 8 heteroatoms. The fourth-order valence-corrected chi connectivity index (χ4v) is 4.44. The van der Waals surface area contributed by atoms with Gasteiger partial charge in [-0.25, -0.2) is 0 Å². The summed E-state index contributed by atoms with van der Waals surface area (Å²) in [5, 5.41) is 3.29. The van der Waals surface area contributed by atoms with E-state index in [1.54, 1.807) is 24.3 Å². The molecule has 0 aliphatic carbocycles. The largest absolute Gasteiger partial charge is 0.358 e. The first-order valence-electron chi connectivity index (χ1n) is 8.63. The lowest BCUT2D eigenvalue weighted by atomic mass is 10.2. The quantitative estimate of drug-likeness (QED) is 0.849. The van der Waals surface area contributed by atoms with E-state index < -0.39 is 10.0 Å². The number of rotatable bonds is 4. The molecule has 3 rings (SSSR count). The Bertz CT molecular complexity index is 768. The van der Waals surface area contributed by atoms with Gasteiger partial charge in [0.1, 0.15) is 10.7 Å². The van der Waals surface area contributed by atoms with Crippen LogP contribution >= 0.6 is 0 Å². The summed E-state index contributed by atoms with van der Waals surface area (Å²) in [6, 6.07) is 6.85. The van der Waals surface area contributed by atoms with Gasteiger partial charge >= 0.3 is 0 Å². The first-order valence-corrected chi connectivity index (χ1v) is 10.1. The number of nitrogens with one attached hydrogen (secondary N) is 1. The summed E-state index contributed by atoms with van der Waals surface area (Å²) < 4.78 is 28.1. The predicted octanol–water partition coefficient (Wildman–Crippen LogP) is 0.669. The minimum atomic E-state index is -3.60. The van der Waals surface area contributed by atoms with Crippen LogP contribution in [-0.2, 0) is 14.8 Å². The minimum Gasteiger partial charge on any atom is -0.358 e. The Morgan fingerprint density at radius 1 is 1.28 bits per heavy atom. The molecule has 0 unspecified atom stereocenters. The number of nitrogens with zero attached hydrogens (tertiary/aromatic N) is 3. The molecule has 1 N–H and O–H groups in total. The second kappa shape index (κ2) is 7.53. The molecular formula is C17H24N4O3S. The van der Waals surface area contributed by atoms with Crippen LogP contribution in [0.1, 0.15) is 24.8 Å². The van der Waals surface area contributed by atoms with Crippen molar-refractivity contribution in [1.82, 2.24) is 15.1 Å². The topological polar surface area (TPSA) is 82.1 Å². The van der Waals surface area contributed by atoms with Gasteiger partial charge in [0.2, 0.25) is 5.91 Å². The lowest BCUT2D eigenvalue weighted by Crippen LogP contribution is -2.35. The molecule has 0 spiro atoms. The van der Waals surface area contributed by atoms with Crippen molar-refractivity contribution < 1.29 is 13.2 Å². The van der Waals surface area contributed by atoms with Crippen LogP contribution in [-0.4, -0.2) is 69.7 Å². The second-order valence-electron chi connectivity index (χ2n) is 6.40. The van der Waals surface area contributed by atoms with E-state index in [0.29, 0.717) is 30.8 Å². The molecule has 0 saturated carbocycles. The van der Waals surface area contributed by atoms with E-state index in [1.807, 2.05) is 16.8 Å². The van der Waals surface area contributed by atoms with Crippen LogP contribution < -0.4 is 5.32 Å². The minimum absolute atomic E-state index is 0.165. The van der Waals surface area contributed by atoms with Crippen LogP contribution in [0.25, 0.3) is 0 Å². The summed E-state index contributed by atoms with van der Waals surface area (Å²) in [5.74, 6) is 0.625. The van der Waals surface area contributed by atoms with E-state index in [0.717, 1.165) is 32.6 Å². The molecule has 1 aromatic carbocycles. The number of amidine groups is 1. The number of hydrogen-bond acceptors (Lipinski definition) is 5. The number of hydrogen-bond donors (Lipinski definition) is 1. The highest BCUT2D eigenvalue weighted by Gasteiger charge is 2.30. The molecule has 1 amide bonds. The average molecular weight is 364 g/mol. The van der Waals surface area contributed by atoms with Gasteiger partial charge in [0.05, 0.1) is 0 Å². The van der Waals surface area contributed by atoms with E-state index >= 15 is 0 Å². The number of carbonyl (C=O) groups is 1. The third-order valence-electron chi connectivity index (χ3n) is 4.55. The van der Waals surface area contributed by atoms with Crippen molar-refractivity contribution in [2.24, 2.45) is 4.40 Å². The smallest absolute Gasteiger partial charge is 0.285 e. The third-order valence-corrected chi connectivity index (χ3v) is 5.88. The standard InChI is InChI=1S/C17H24N4O3S/c1-20(11-4-8-16(22)21-12-5-9-18-10-13-21)17-14-6-2-3-7-15(14)25(23,24)19-17/h2-3,6-7,18H,4-5,8-13H2,1H3. The van der Waals surface area contributed by atoms with Crippen molar-refractivity contribution in [3.8, 4) is 0 Å². The summed E-state index contributed by atoms with van der Waals surface area (Å²) >= 11 is 0. The highest BCUT2D eigenvalue weighted by molar-refractivity contribution is 7.90. The molecule has 1 aromatic rings. The van der Waals surface area contributed by atoms with Crippen molar-refractivity contribution in [3.63, 3.8) is 0 Å². The molecule has 0 bridgehead atoms. The van der Waals surface area contributed by atoms with Crippen LogP contribution in [0.3, 0.4) is 0 Å². The summed E-state index contributed by atoms with van der Waals surface area (Å²) in [7, 11) is -1.78. The maximum Gasteiger partial charge on any atom is 0.285 e. The monoisotopic (exact) mass is 364 g/mol. The van der Waals surface area contributed by atoms with Gasteiger partial charge in [-0.3, -0.25) is 4.79 Å². The first kappa shape index (κ1) is 17.9. The van der Waals surface area contributed by atoms with Crippen LogP contribution in [0.4, 0.5) is 0 Å². The Morgan fingerprint density at radius 2 is 2.08 bits per heavy atom. The van der Waals surface area contributed by atoms with Gasteiger partial charge < -0.3 is 15.1 Å². The fraction of sp³-hybridized carbons (Fsp3) is 0.529. The van der Waals surface area contributed by atoms with Crippen molar-refractivity contribution in [1.29, 1.82) is 0 Å². The highest BCUT2D eigenvalue weighted by Crippen LogP contribution is 2.27. The Hall–Kier alpha value is -1.93. The molecule has 25 heavy (non-hydrogen) atoms. The predicted molar refractivity (Wildman–Crippen MR) is 96.1 cm³/mol. The number of carbonyl (C=O) groups excluding carboxylic acids is 1. The molecule has 0 aromatic heterocycles. The number of sulfonamides is 1. The zero-order valence-corrected chi connectivity index (χ0v) is 15.3. The molecule has 0 radical (unpaired) electrons. The summed E-state index contributed by atoms with van der Waals surface area (Å²) in [6.45, 7) is 3.95. The van der Waals surface area contributed by atoms with Crippen molar-refractivity contribution >= 4 is 21.8 Å². The normalized spacial score (nSPS) is 19.1. The zero-order chi connectivity index (χ0) is 17.9. The van der Waals surface area contributed by atoms with Gasteiger partial charge in [0.25, 0.3) is 10.0 Å². The Kier molecular flexibility index (Phi) is 5.39. The summed E-state index contributed by atoms with van der Waals surface area (Å²) in [4.78, 5) is 16.3. The van der Waals surface area contributed by atoms with Gasteiger partial charge in [-0.2, -0.15) is 8.42 Å². The van der Waals surface area contributed by atoms with E-state index in [4.69, 9.17) is 0 Å². The lowest BCUT2D eigenvalue weighted by Gasteiger charge is -2.22. The molecule has 2 aliphatic heterocycles. The SMILES string of the molecule is CN(CCCC(=O)N1CCCNCC1)C1=NS(=O)(=O)c2ccccc21. The molecule has 2 heterocycles. The van der Waals surface area contributed by atoms with Crippen molar-refractivity contribution in [3.05, 3.63) is 29.8 Å². The van der Waals surface area contributed by atoms with Gasteiger partial charge in [0, 0.05) is 45.2 Å². The molecule has 136 valence electrons. The Morgan fingerprint density at radius 3 is 2.92 bits per heavy atom. The Labute approximate surface area is 148 Å². The molecule has 1 fully saturated rings. The lowest BCUT2D eigenvalue weighted by molar-refractivity contribution is -0.131. The van der Waals surface area contributed by atoms with Gasteiger partial charge in [-0.05, 0) is 31.5 Å². The van der Waals surface area contributed by atoms with Gasteiger partial charge in [-0.15, -0.1) is 4.40 Å². The first-order chi connectivity index (χ1) is 12.0. The van der Waals surface area contributed by atoms with E-state index in [9.17, 15) is 13.2 Å². The Balaban J connectivity index is 1.57. The van der Waals surface area contributed by atoms with E-state index in [-0.39, 0.29) is 10.8 Å². The molecule has 0 atom stereocenters. The van der Waals surface area contributed by atoms with Crippen molar-refractivity contribution in [2.45, 2.75) is 24.2 Å². The van der Waals surface area contributed by atoms with Crippen LogP contribution in [0.2, 0.25) is 0 Å². The maximum absolute atomic E-state index is 12.3. The zero-order valence-electron chi connectivity index (χ0n) is 14.4. The van der Waals surface area contributed by atoms with Crippen LogP contribution in [0.15, 0.2) is 33.6 Å². The van der Waals surface area contributed by atoms with E-state index in [1.165, 1.54) is 0 Å².